The van der Waals surface area contributed by atoms with Gasteiger partial charge >= 0.3 is 0 Å². The van der Waals surface area contributed by atoms with Gasteiger partial charge in [-0.15, -0.1) is 11.8 Å². The van der Waals surface area contributed by atoms with Gasteiger partial charge in [-0.05, 0) is 24.3 Å². The molecule has 3 nitrogen and oxygen atoms in total. The molecule has 1 heterocycles. The lowest BCUT2D eigenvalue weighted by Gasteiger charge is -2.12. The van der Waals surface area contributed by atoms with Crippen LogP contribution in [0.2, 0.25) is 5.02 Å². The minimum Gasteiger partial charge on any atom is -0.373 e. The highest BCUT2D eigenvalue weighted by atomic mass is 35.5. The number of thioether (sulfide) groups is 1. The largest absolute Gasteiger partial charge is 0.373 e. The quantitative estimate of drug-likeness (QED) is 0.618. The van der Waals surface area contributed by atoms with Crippen LogP contribution in [0, 0.1) is 6.92 Å². The highest BCUT2D eigenvalue weighted by Gasteiger charge is 2.16. The van der Waals surface area contributed by atoms with Crippen LogP contribution in [0.15, 0.2) is 35.4 Å². The Morgan fingerprint density at radius 2 is 2.18 bits per heavy atom. The first-order valence-electron chi connectivity index (χ1n) is 7.14. The highest BCUT2D eigenvalue weighted by Crippen LogP contribution is 2.31. The Bertz CT molecular complexity index is 688. The lowest BCUT2D eigenvalue weighted by atomic mass is 10.0. The molecule has 0 aliphatic rings. The number of Topliss-reactive ketones (excluding diaryl/α,β-unsaturated/α-hetero) is 1. The van der Waals surface area contributed by atoms with Crippen LogP contribution >= 0.6 is 23.4 Å². The summed E-state index contributed by atoms with van der Waals surface area (Å²) in [7, 11) is 1.81. The van der Waals surface area contributed by atoms with Gasteiger partial charge in [-0.3, -0.25) is 4.79 Å². The zero-order valence-corrected chi connectivity index (χ0v) is 14.5. The Morgan fingerprint density at radius 1 is 1.41 bits per heavy atom. The molecule has 2 aromatic rings. The molecule has 0 saturated heterocycles. The Labute approximate surface area is 140 Å². The lowest BCUT2D eigenvalue weighted by Crippen LogP contribution is -2.09. The molecule has 0 bridgehead atoms. The number of aryl methyl sites for hydroxylation is 1. The summed E-state index contributed by atoms with van der Waals surface area (Å²) in [6.45, 7) is 4.02. The fourth-order valence-electron chi connectivity index (χ4n) is 2.28. The van der Waals surface area contributed by atoms with E-state index in [-0.39, 0.29) is 5.78 Å². The van der Waals surface area contributed by atoms with Crippen molar-refractivity contribution in [1.29, 1.82) is 0 Å². The molecule has 0 saturated carbocycles. The van der Waals surface area contributed by atoms with E-state index in [0.717, 1.165) is 27.6 Å². The number of carbonyl (C=O) groups excluding carboxylic acids is 1. The number of rotatable bonds is 6. The van der Waals surface area contributed by atoms with Gasteiger partial charge in [0.2, 0.25) is 0 Å². The third-order valence-corrected chi connectivity index (χ3v) is 4.69. The van der Waals surface area contributed by atoms with E-state index >= 15 is 0 Å². The smallest absolute Gasteiger partial charge is 0.168 e. The van der Waals surface area contributed by atoms with Gasteiger partial charge in [0.25, 0.3) is 0 Å². The molecule has 5 heteroatoms. The number of ketones is 1. The molecule has 0 aliphatic carbocycles. The Morgan fingerprint density at radius 3 is 2.86 bits per heavy atom. The van der Waals surface area contributed by atoms with E-state index < -0.39 is 0 Å². The zero-order chi connectivity index (χ0) is 16.1. The molecule has 0 atom stereocenters. The highest BCUT2D eigenvalue weighted by molar-refractivity contribution is 7.99. The predicted molar refractivity (Wildman–Crippen MR) is 94.4 cm³/mol. The number of carbonyl (C=O) groups is 1. The molecule has 0 aliphatic heterocycles. The number of hydrogen-bond acceptors (Lipinski definition) is 4. The summed E-state index contributed by atoms with van der Waals surface area (Å²) in [6, 6.07) is 7.48. The van der Waals surface area contributed by atoms with Gasteiger partial charge in [0, 0.05) is 35.7 Å². The summed E-state index contributed by atoms with van der Waals surface area (Å²) in [5.74, 6) is 1.67. The summed E-state index contributed by atoms with van der Waals surface area (Å²) in [6.07, 6.45) is 2.10. The second-order valence-electron chi connectivity index (χ2n) is 4.92. The zero-order valence-electron chi connectivity index (χ0n) is 12.9. The summed E-state index contributed by atoms with van der Waals surface area (Å²) < 4.78 is 0. The normalized spacial score (nSPS) is 10.5. The van der Waals surface area contributed by atoms with E-state index in [0.29, 0.717) is 17.0 Å². The average molecular weight is 335 g/mol. The maximum atomic E-state index is 12.7. The van der Waals surface area contributed by atoms with Crippen LogP contribution in [0.1, 0.15) is 28.4 Å². The summed E-state index contributed by atoms with van der Waals surface area (Å²) in [5.41, 5.74) is 2.62. The molecule has 0 fully saturated rings. The van der Waals surface area contributed by atoms with Crippen molar-refractivity contribution >= 4 is 35.0 Å². The molecule has 1 N–H and O–H groups in total. The van der Waals surface area contributed by atoms with Crippen LogP contribution in [-0.4, -0.2) is 23.6 Å². The molecule has 0 unspecified atom stereocenters. The van der Waals surface area contributed by atoms with E-state index in [4.69, 9.17) is 11.6 Å². The second-order valence-corrected chi connectivity index (χ2v) is 6.60. The molecule has 0 amide bonds. The first kappa shape index (κ1) is 16.8. The Balaban J connectivity index is 2.34. The van der Waals surface area contributed by atoms with E-state index in [9.17, 15) is 4.79 Å². The minimum absolute atomic E-state index is 0.0577. The summed E-state index contributed by atoms with van der Waals surface area (Å²) >= 11 is 7.84. The number of hydrogen-bond donors (Lipinski definition) is 1. The predicted octanol–water partition coefficient (Wildman–Crippen LogP) is 4.62. The molecule has 2 rings (SSSR count). The number of halogens is 1. The van der Waals surface area contributed by atoms with Crippen molar-refractivity contribution in [2.45, 2.75) is 25.2 Å². The number of aromatic nitrogens is 1. The van der Waals surface area contributed by atoms with Gasteiger partial charge in [0.05, 0.1) is 5.02 Å². The van der Waals surface area contributed by atoms with Crippen LogP contribution < -0.4 is 5.32 Å². The van der Waals surface area contributed by atoms with Crippen molar-refractivity contribution in [1.82, 2.24) is 4.98 Å². The van der Waals surface area contributed by atoms with Crippen LogP contribution in [0.25, 0.3) is 0 Å². The maximum absolute atomic E-state index is 12.7. The Kier molecular flexibility index (Phi) is 5.86. The van der Waals surface area contributed by atoms with Gasteiger partial charge in [0.15, 0.2) is 5.78 Å². The molecular formula is C17H19ClN2OS. The van der Waals surface area contributed by atoms with Gasteiger partial charge in [-0.2, -0.15) is 0 Å². The monoisotopic (exact) mass is 334 g/mol. The molecule has 116 valence electrons. The van der Waals surface area contributed by atoms with E-state index in [2.05, 4.69) is 10.3 Å². The third-order valence-electron chi connectivity index (χ3n) is 3.25. The topological polar surface area (TPSA) is 42.0 Å². The minimum atomic E-state index is 0.0577. The van der Waals surface area contributed by atoms with Crippen LogP contribution in [0.3, 0.4) is 0 Å². The standard InChI is InChI=1S/C17H19ClN2OS/c1-4-22-16-13(6-5-7-14(16)18)15(21)9-12-8-11(2)10-20-17(12)19-3/h5-8,10H,4,9H2,1-3H3,(H,19,20). The van der Waals surface area contributed by atoms with Gasteiger partial charge in [-0.1, -0.05) is 36.7 Å². The maximum Gasteiger partial charge on any atom is 0.168 e. The summed E-state index contributed by atoms with van der Waals surface area (Å²) in [5, 5.41) is 3.67. The molecular weight excluding hydrogens is 316 g/mol. The van der Waals surface area contributed by atoms with E-state index in [1.165, 1.54) is 0 Å². The van der Waals surface area contributed by atoms with Crippen molar-refractivity contribution in [2.75, 3.05) is 18.1 Å². The third kappa shape index (κ3) is 3.81. The molecule has 1 aromatic heterocycles. The van der Waals surface area contributed by atoms with Gasteiger partial charge in [-0.25, -0.2) is 4.98 Å². The first-order valence-corrected chi connectivity index (χ1v) is 8.51. The SMILES string of the molecule is CCSc1c(Cl)cccc1C(=O)Cc1cc(C)cnc1NC. The number of nitrogens with zero attached hydrogens (tertiary/aromatic N) is 1. The molecule has 1 aromatic carbocycles. The molecule has 22 heavy (non-hydrogen) atoms. The van der Waals surface area contributed by atoms with Crippen molar-refractivity contribution in [3.05, 3.63) is 52.2 Å². The molecule has 0 spiro atoms. The van der Waals surface area contributed by atoms with E-state index in [1.807, 2.05) is 45.2 Å². The van der Waals surface area contributed by atoms with Crippen molar-refractivity contribution < 1.29 is 4.79 Å². The number of benzene rings is 1. The van der Waals surface area contributed by atoms with Crippen LogP contribution in [0.5, 0.6) is 0 Å². The van der Waals surface area contributed by atoms with E-state index in [1.54, 1.807) is 18.0 Å². The number of pyridine rings is 1. The average Bonchev–Trinajstić information content (AvgIpc) is 2.49. The van der Waals surface area contributed by atoms with Gasteiger partial charge < -0.3 is 5.32 Å². The van der Waals surface area contributed by atoms with Crippen LogP contribution in [-0.2, 0) is 6.42 Å². The molecule has 0 radical (unpaired) electrons. The number of nitrogens with one attached hydrogen (secondary N) is 1. The van der Waals surface area contributed by atoms with Crippen LogP contribution in [0.4, 0.5) is 5.82 Å². The van der Waals surface area contributed by atoms with Gasteiger partial charge in [0.1, 0.15) is 5.82 Å². The fourth-order valence-corrected chi connectivity index (χ4v) is 3.45. The second kappa shape index (κ2) is 7.65. The van der Waals surface area contributed by atoms with Crippen molar-refractivity contribution in [3.63, 3.8) is 0 Å². The first-order chi connectivity index (χ1) is 10.6. The fraction of sp³-hybridized carbons (Fsp3) is 0.294. The summed E-state index contributed by atoms with van der Waals surface area (Å²) in [4.78, 5) is 17.9. The van der Waals surface area contributed by atoms with Crippen molar-refractivity contribution in [2.24, 2.45) is 0 Å². The van der Waals surface area contributed by atoms with Crippen molar-refractivity contribution in [3.8, 4) is 0 Å². The Hall–Kier alpha value is -1.52. The lowest BCUT2D eigenvalue weighted by molar-refractivity contribution is 0.0990. The number of anilines is 1.